The number of amides is 2. The molecule has 0 spiro atoms. The van der Waals surface area contributed by atoms with Crippen molar-refractivity contribution in [1.82, 2.24) is 29.7 Å². The van der Waals surface area contributed by atoms with E-state index >= 15 is 0 Å². The van der Waals surface area contributed by atoms with Crippen LogP contribution in [-0.4, -0.2) is 94.2 Å². The Morgan fingerprint density at radius 1 is 0.717 bits per heavy atom. The molecule has 2 fully saturated rings. The van der Waals surface area contributed by atoms with E-state index in [1.54, 1.807) is 14.2 Å². The lowest BCUT2D eigenvalue weighted by atomic mass is 10.0. The SMILES string of the molecule is COC[C@H](N)C(=O)N1CCC[C@H]1c1ncc(-c2ccc(-c3ccc(-c4cnc([C@@H]5CCCN5C(=O)[C@@H](N)COC)[nH]4)cc3)cc2)[nH]1. The van der Waals surface area contributed by atoms with Crippen LogP contribution in [0.1, 0.15) is 49.4 Å². The van der Waals surface area contributed by atoms with Crippen molar-refractivity contribution >= 4 is 11.8 Å². The first-order chi connectivity index (χ1) is 22.4. The average molecular weight is 627 g/mol. The lowest BCUT2D eigenvalue weighted by Gasteiger charge is -2.26. The molecule has 2 saturated heterocycles. The summed E-state index contributed by atoms with van der Waals surface area (Å²) < 4.78 is 10.2. The monoisotopic (exact) mass is 626 g/mol. The molecule has 0 radical (unpaired) electrons. The molecule has 2 aliphatic heterocycles. The van der Waals surface area contributed by atoms with Gasteiger partial charge in [-0.25, -0.2) is 9.97 Å². The van der Waals surface area contributed by atoms with Crippen molar-refractivity contribution in [2.45, 2.75) is 49.9 Å². The predicted molar refractivity (Wildman–Crippen MR) is 174 cm³/mol. The van der Waals surface area contributed by atoms with Crippen LogP contribution in [-0.2, 0) is 19.1 Å². The lowest BCUT2D eigenvalue weighted by molar-refractivity contribution is -0.135. The summed E-state index contributed by atoms with van der Waals surface area (Å²) in [6.45, 7) is 1.71. The molecule has 0 unspecified atom stereocenters. The summed E-state index contributed by atoms with van der Waals surface area (Å²) >= 11 is 0. The molecule has 4 atom stereocenters. The van der Waals surface area contributed by atoms with E-state index in [2.05, 4.69) is 68.5 Å². The molecule has 0 aliphatic carbocycles. The molecule has 6 rings (SSSR count). The van der Waals surface area contributed by atoms with Crippen molar-refractivity contribution in [1.29, 1.82) is 0 Å². The predicted octanol–water partition coefficient (Wildman–Crippen LogP) is 3.41. The van der Waals surface area contributed by atoms with E-state index in [-0.39, 0.29) is 37.1 Å². The molecule has 4 aromatic rings. The number of H-pyrrole nitrogens is 2. The fraction of sp³-hybridized carbons (Fsp3) is 0.412. The Hall–Kier alpha value is -4.36. The van der Waals surface area contributed by atoms with Crippen LogP contribution < -0.4 is 11.5 Å². The summed E-state index contributed by atoms with van der Waals surface area (Å²) in [5.41, 5.74) is 18.1. The molecule has 4 heterocycles. The van der Waals surface area contributed by atoms with E-state index in [1.807, 2.05) is 22.2 Å². The van der Waals surface area contributed by atoms with Gasteiger partial charge in [0.25, 0.3) is 0 Å². The first-order valence-corrected chi connectivity index (χ1v) is 15.8. The van der Waals surface area contributed by atoms with Gasteiger partial charge in [-0.1, -0.05) is 48.5 Å². The Labute approximate surface area is 268 Å². The Morgan fingerprint density at radius 2 is 1.09 bits per heavy atom. The summed E-state index contributed by atoms with van der Waals surface area (Å²) in [6.07, 6.45) is 7.15. The highest BCUT2D eigenvalue weighted by atomic mass is 16.5. The second-order valence-corrected chi connectivity index (χ2v) is 12.0. The summed E-state index contributed by atoms with van der Waals surface area (Å²) in [5.74, 6) is 1.33. The minimum absolute atomic E-state index is 0.110. The Morgan fingerprint density at radius 3 is 1.46 bits per heavy atom. The van der Waals surface area contributed by atoms with E-state index in [9.17, 15) is 9.59 Å². The second-order valence-electron chi connectivity index (χ2n) is 12.0. The van der Waals surface area contributed by atoms with Crippen LogP contribution in [0.3, 0.4) is 0 Å². The topological polar surface area (TPSA) is 168 Å². The van der Waals surface area contributed by atoms with E-state index < -0.39 is 12.1 Å². The minimum Gasteiger partial charge on any atom is -0.383 e. The fourth-order valence-electron chi connectivity index (χ4n) is 6.55. The zero-order valence-electron chi connectivity index (χ0n) is 26.3. The molecule has 2 aromatic heterocycles. The number of nitrogens with zero attached hydrogens (tertiary/aromatic N) is 4. The number of benzene rings is 2. The third-order valence-corrected chi connectivity index (χ3v) is 8.95. The molecule has 242 valence electrons. The highest BCUT2D eigenvalue weighted by Gasteiger charge is 2.35. The Balaban J connectivity index is 1.11. The van der Waals surface area contributed by atoms with Crippen molar-refractivity contribution in [3.8, 4) is 33.6 Å². The summed E-state index contributed by atoms with van der Waals surface area (Å²) in [7, 11) is 3.09. The normalized spacial score (nSPS) is 19.5. The van der Waals surface area contributed by atoms with E-state index in [0.717, 1.165) is 71.0 Å². The van der Waals surface area contributed by atoms with Gasteiger partial charge in [-0.3, -0.25) is 9.59 Å². The molecule has 2 amide bonds. The van der Waals surface area contributed by atoms with Crippen LogP contribution >= 0.6 is 0 Å². The van der Waals surface area contributed by atoms with Crippen molar-refractivity contribution in [3.63, 3.8) is 0 Å². The lowest BCUT2D eigenvalue weighted by Crippen LogP contribution is -2.45. The van der Waals surface area contributed by atoms with E-state index in [4.69, 9.17) is 20.9 Å². The van der Waals surface area contributed by atoms with Gasteiger partial charge >= 0.3 is 0 Å². The number of nitrogens with two attached hydrogens (primary N) is 2. The van der Waals surface area contributed by atoms with E-state index in [1.165, 1.54) is 0 Å². The Kier molecular flexibility index (Phi) is 9.59. The Bertz CT molecular complexity index is 1510. The number of hydrogen-bond donors (Lipinski definition) is 4. The highest BCUT2D eigenvalue weighted by molar-refractivity contribution is 5.83. The number of carbonyl (C=O) groups is 2. The molecule has 12 nitrogen and oxygen atoms in total. The molecule has 46 heavy (non-hydrogen) atoms. The standard InChI is InChI=1S/C34H42N8O4/c1-45-19-25(35)33(43)41-15-3-5-29(41)31-37-17-27(39-31)23-11-7-21(8-12-23)22-9-13-24(14-10-22)28-18-38-32(40-28)30-6-4-16-42(30)34(44)26(36)20-46-2/h7-14,17-18,25-26,29-30H,3-6,15-16,19-20,35-36H2,1-2H3,(H,37,39)(H,38,40)/t25-,26-,29-,30-/m0/s1. The number of aromatic amines is 2. The number of ether oxygens (including phenoxy) is 2. The largest absolute Gasteiger partial charge is 0.383 e. The number of imidazole rings is 2. The first-order valence-electron chi connectivity index (χ1n) is 15.8. The molecule has 0 bridgehead atoms. The maximum absolute atomic E-state index is 12.9. The number of nitrogens with one attached hydrogen (secondary N) is 2. The number of hydrogen-bond acceptors (Lipinski definition) is 8. The summed E-state index contributed by atoms with van der Waals surface area (Å²) in [4.78, 5) is 45.5. The summed E-state index contributed by atoms with van der Waals surface area (Å²) in [6, 6.07) is 15.1. The number of methoxy groups -OCH3 is 2. The fourth-order valence-corrected chi connectivity index (χ4v) is 6.55. The van der Waals surface area contributed by atoms with Crippen molar-refractivity contribution in [2.75, 3.05) is 40.5 Å². The van der Waals surface area contributed by atoms with Crippen LogP contribution in [0.2, 0.25) is 0 Å². The number of carbonyl (C=O) groups excluding carboxylic acids is 2. The number of aromatic nitrogens is 4. The third-order valence-electron chi connectivity index (χ3n) is 8.95. The summed E-state index contributed by atoms with van der Waals surface area (Å²) in [5, 5.41) is 0. The molecule has 2 aliphatic rings. The van der Waals surface area contributed by atoms with Crippen LogP contribution in [0, 0.1) is 0 Å². The molecule has 12 heteroatoms. The minimum atomic E-state index is -0.676. The van der Waals surface area contributed by atoms with Crippen LogP contribution in [0.5, 0.6) is 0 Å². The van der Waals surface area contributed by atoms with Crippen LogP contribution in [0.25, 0.3) is 33.6 Å². The van der Waals surface area contributed by atoms with Crippen LogP contribution in [0.15, 0.2) is 60.9 Å². The van der Waals surface area contributed by atoms with Crippen molar-refractivity contribution in [3.05, 3.63) is 72.6 Å². The molecule has 6 N–H and O–H groups in total. The zero-order chi connectivity index (χ0) is 32.2. The molecule has 2 aromatic carbocycles. The molecular weight excluding hydrogens is 584 g/mol. The van der Waals surface area contributed by atoms with Gasteiger partial charge in [-0.05, 0) is 47.9 Å². The zero-order valence-corrected chi connectivity index (χ0v) is 26.3. The van der Waals surface area contributed by atoms with Gasteiger partial charge in [0, 0.05) is 27.3 Å². The van der Waals surface area contributed by atoms with Gasteiger partial charge in [0.2, 0.25) is 11.8 Å². The maximum atomic E-state index is 12.9. The smallest absolute Gasteiger partial charge is 0.242 e. The number of rotatable bonds is 11. The average Bonchev–Trinajstić information content (AvgIpc) is 3.90. The number of likely N-dealkylation sites (tertiary alicyclic amines) is 2. The quantitative estimate of drug-likeness (QED) is 0.196. The van der Waals surface area contributed by atoms with E-state index in [0.29, 0.717) is 13.1 Å². The van der Waals surface area contributed by atoms with Gasteiger partial charge in [-0.2, -0.15) is 0 Å². The molecular formula is C34H42N8O4. The third kappa shape index (κ3) is 6.47. The molecule has 0 saturated carbocycles. The van der Waals surface area contributed by atoms with Gasteiger partial charge in [0.05, 0.1) is 49.1 Å². The van der Waals surface area contributed by atoms with Gasteiger partial charge in [0.15, 0.2) is 0 Å². The van der Waals surface area contributed by atoms with Gasteiger partial charge in [0.1, 0.15) is 23.7 Å². The van der Waals surface area contributed by atoms with Crippen LogP contribution in [0.4, 0.5) is 0 Å². The van der Waals surface area contributed by atoms with Crippen molar-refractivity contribution < 1.29 is 19.1 Å². The second kappa shape index (κ2) is 14.0. The maximum Gasteiger partial charge on any atom is 0.242 e. The van der Waals surface area contributed by atoms with Crippen molar-refractivity contribution in [2.24, 2.45) is 11.5 Å². The van der Waals surface area contributed by atoms with Gasteiger partial charge < -0.3 is 40.7 Å². The van der Waals surface area contributed by atoms with Gasteiger partial charge in [-0.15, -0.1) is 0 Å². The highest BCUT2D eigenvalue weighted by Crippen LogP contribution is 2.34. The first kappa shape index (κ1) is 31.6.